The zero-order valence-electron chi connectivity index (χ0n) is 7.84. The first-order valence-electron chi connectivity index (χ1n) is 4.18. The van der Waals surface area contributed by atoms with Crippen LogP contribution in [0.3, 0.4) is 0 Å². The molecule has 1 aromatic rings. The molecule has 15 heavy (non-hydrogen) atoms. The summed E-state index contributed by atoms with van der Waals surface area (Å²) in [5.74, 6) is -0.680. The summed E-state index contributed by atoms with van der Waals surface area (Å²) in [5, 5.41) is -0.379. The van der Waals surface area contributed by atoms with Gasteiger partial charge in [-0.3, -0.25) is 0 Å². The van der Waals surface area contributed by atoms with Gasteiger partial charge in [0, 0.05) is 0 Å². The van der Waals surface area contributed by atoms with E-state index in [4.69, 9.17) is 11.6 Å². The number of hydrogen-bond acceptors (Lipinski definition) is 3. The van der Waals surface area contributed by atoms with E-state index in [2.05, 4.69) is 9.72 Å². The van der Waals surface area contributed by atoms with Gasteiger partial charge in [-0.15, -0.1) is 0 Å². The molecule has 0 bridgehead atoms. The molecule has 1 heterocycles. The number of ether oxygens (including phenoxy) is 1. The Bertz CT molecular complexity index is 371. The molecular formula is C9H8ClF2NO2. The van der Waals surface area contributed by atoms with Crippen molar-refractivity contribution in [3.05, 3.63) is 28.5 Å². The quantitative estimate of drug-likeness (QED) is 0.597. The van der Waals surface area contributed by atoms with E-state index in [-0.39, 0.29) is 17.5 Å². The van der Waals surface area contributed by atoms with Gasteiger partial charge in [-0.05, 0) is 19.1 Å². The van der Waals surface area contributed by atoms with Crippen molar-refractivity contribution in [2.45, 2.75) is 13.3 Å². The molecule has 0 spiro atoms. The molecule has 0 unspecified atom stereocenters. The normalized spacial score (nSPS) is 10.5. The van der Waals surface area contributed by atoms with E-state index in [1.807, 2.05) is 0 Å². The number of halogens is 3. The SMILES string of the molecule is CCOC(=O)c1ccc(C(F)F)c(Cl)n1. The number of alkyl halides is 2. The number of esters is 1. The van der Waals surface area contributed by atoms with Gasteiger partial charge in [0.25, 0.3) is 6.43 Å². The van der Waals surface area contributed by atoms with Crippen molar-refractivity contribution in [3.8, 4) is 0 Å². The Morgan fingerprint density at radius 3 is 2.73 bits per heavy atom. The Morgan fingerprint density at radius 1 is 1.60 bits per heavy atom. The Kier molecular flexibility index (Phi) is 3.96. The highest BCUT2D eigenvalue weighted by atomic mass is 35.5. The third-order valence-corrected chi connectivity index (χ3v) is 1.90. The second-order valence-corrected chi connectivity index (χ2v) is 2.96. The zero-order valence-corrected chi connectivity index (χ0v) is 8.59. The highest BCUT2D eigenvalue weighted by Crippen LogP contribution is 2.25. The minimum Gasteiger partial charge on any atom is -0.461 e. The van der Waals surface area contributed by atoms with Crippen LogP contribution in [-0.4, -0.2) is 17.6 Å². The number of hydrogen-bond donors (Lipinski definition) is 0. The third kappa shape index (κ3) is 2.86. The Balaban J connectivity index is 2.96. The largest absolute Gasteiger partial charge is 0.461 e. The maximum absolute atomic E-state index is 12.3. The van der Waals surface area contributed by atoms with E-state index >= 15 is 0 Å². The molecule has 82 valence electrons. The summed E-state index contributed by atoms with van der Waals surface area (Å²) in [5.41, 5.74) is -0.476. The van der Waals surface area contributed by atoms with Crippen LogP contribution in [0.4, 0.5) is 8.78 Å². The fourth-order valence-electron chi connectivity index (χ4n) is 0.927. The van der Waals surface area contributed by atoms with Crippen molar-refractivity contribution in [2.24, 2.45) is 0 Å². The second-order valence-electron chi connectivity index (χ2n) is 2.60. The first kappa shape index (κ1) is 11.8. The molecule has 0 fully saturated rings. The number of carbonyl (C=O) groups excluding carboxylic acids is 1. The molecule has 1 aromatic heterocycles. The topological polar surface area (TPSA) is 39.2 Å². The van der Waals surface area contributed by atoms with Crippen LogP contribution < -0.4 is 0 Å². The third-order valence-electron chi connectivity index (χ3n) is 1.60. The summed E-state index contributed by atoms with van der Waals surface area (Å²) in [6.07, 6.45) is -2.71. The molecule has 3 nitrogen and oxygen atoms in total. The van der Waals surface area contributed by atoms with Crippen LogP contribution in [0.25, 0.3) is 0 Å². The molecule has 6 heteroatoms. The number of aromatic nitrogens is 1. The Morgan fingerprint density at radius 2 is 2.27 bits per heavy atom. The van der Waals surface area contributed by atoms with Crippen LogP contribution in [-0.2, 0) is 4.74 Å². The van der Waals surface area contributed by atoms with Crippen LogP contribution in [0.15, 0.2) is 12.1 Å². The predicted molar refractivity (Wildman–Crippen MR) is 50.2 cm³/mol. The number of pyridine rings is 1. The van der Waals surface area contributed by atoms with E-state index in [1.165, 1.54) is 0 Å². The molecule has 0 saturated carbocycles. The molecule has 0 aromatic carbocycles. The number of carbonyl (C=O) groups is 1. The van der Waals surface area contributed by atoms with Gasteiger partial charge in [0.2, 0.25) is 0 Å². The summed E-state index contributed by atoms with van der Waals surface area (Å²) in [7, 11) is 0. The van der Waals surface area contributed by atoms with Crippen molar-refractivity contribution in [1.29, 1.82) is 0 Å². The van der Waals surface area contributed by atoms with Gasteiger partial charge >= 0.3 is 5.97 Å². The maximum Gasteiger partial charge on any atom is 0.356 e. The summed E-state index contributed by atoms with van der Waals surface area (Å²) in [6, 6.07) is 2.22. The molecule has 0 N–H and O–H groups in total. The average Bonchev–Trinajstić information content (AvgIpc) is 2.17. The van der Waals surface area contributed by atoms with E-state index in [0.29, 0.717) is 0 Å². The van der Waals surface area contributed by atoms with Gasteiger partial charge < -0.3 is 4.74 Å². The second kappa shape index (κ2) is 5.02. The first-order valence-corrected chi connectivity index (χ1v) is 4.55. The van der Waals surface area contributed by atoms with Crippen LogP contribution in [0, 0.1) is 0 Å². The lowest BCUT2D eigenvalue weighted by molar-refractivity contribution is 0.0519. The summed E-state index contributed by atoms with van der Waals surface area (Å²) in [4.78, 5) is 14.7. The first-order chi connectivity index (χ1) is 7.06. The minimum absolute atomic E-state index is 0.0775. The van der Waals surface area contributed by atoms with Crippen molar-refractivity contribution in [1.82, 2.24) is 4.98 Å². The van der Waals surface area contributed by atoms with Crippen LogP contribution in [0.1, 0.15) is 29.4 Å². The van der Waals surface area contributed by atoms with Crippen molar-refractivity contribution in [2.75, 3.05) is 6.61 Å². The number of nitrogens with zero attached hydrogens (tertiary/aromatic N) is 1. The van der Waals surface area contributed by atoms with E-state index < -0.39 is 18.0 Å². The van der Waals surface area contributed by atoms with E-state index in [0.717, 1.165) is 12.1 Å². The maximum atomic E-state index is 12.3. The molecule has 0 aliphatic heterocycles. The molecular weight excluding hydrogens is 228 g/mol. The highest BCUT2D eigenvalue weighted by Gasteiger charge is 2.16. The smallest absolute Gasteiger partial charge is 0.356 e. The fraction of sp³-hybridized carbons (Fsp3) is 0.333. The molecule has 0 radical (unpaired) electrons. The van der Waals surface area contributed by atoms with Gasteiger partial charge in [-0.2, -0.15) is 0 Å². The summed E-state index contributed by atoms with van der Waals surface area (Å²) >= 11 is 5.47. The summed E-state index contributed by atoms with van der Waals surface area (Å²) < 4.78 is 29.2. The van der Waals surface area contributed by atoms with E-state index in [9.17, 15) is 13.6 Å². The molecule has 0 amide bonds. The fourth-order valence-corrected chi connectivity index (χ4v) is 1.16. The molecule has 1 rings (SSSR count). The molecule has 0 aliphatic carbocycles. The van der Waals surface area contributed by atoms with Gasteiger partial charge in [-0.25, -0.2) is 18.6 Å². The predicted octanol–water partition coefficient (Wildman–Crippen LogP) is 2.85. The lowest BCUT2D eigenvalue weighted by atomic mass is 10.2. The van der Waals surface area contributed by atoms with Crippen molar-refractivity contribution < 1.29 is 18.3 Å². The van der Waals surface area contributed by atoms with Gasteiger partial charge in [-0.1, -0.05) is 11.6 Å². The molecule has 0 atom stereocenters. The zero-order chi connectivity index (χ0) is 11.4. The highest BCUT2D eigenvalue weighted by molar-refractivity contribution is 6.30. The van der Waals surface area contributed by atoms with Gasteiger partial charge in [0.1, 0.15) is 10.8 Å². The summed E-state index contributed by atoms with van der Waals surface area (Å²) in [6.45, 7) is 1.82. The van der Waals surface area contributed by atoms with E-state index in [1.54, 1.807) is 6.92 Å². The lowest BCUT2D eigenvalue weighted by Crippen LogP contribution is -2.07. The van der Waals surface area contributed by atoms with Crippen LogP contribution in [0.2, 0.25) is 5.15 Å². The molecule has 0 saturated heterocycles. The Labute approximate surface area is 90.0 Å². The number of rotatable bonds is 3. The minimum atomic E-state index is -2.71. The monoisotopic (exact) mass is 235 g/mol. The lowest BCUT2D eigenvalue weighted by Gasteiger charge is -2.04. The Hall–Kier alpha value is -1.23. The van der Waals surface area contributed by atoms with Gasteiger partial charge in [0.05, 0.1) is 12.2 Å². The van der Waals surface area contributed by atoms with Crippen molar-refractivity contribution >= 4 is 17.6 Å². The van der Waals surface area contributed by atoms with Crippen molar-refractivity contribution in [3.63, 3.8) is 0 Å². The van der Waals surface area contributed by atoms with Crippen LogP contribution >= 0.6 is 11.6 Å². The van der Waals surface area contributed by atoms with Crippen LogP contribution in [0.5, 0.6) is 0 Å². The average molecular weight is 236 g/mol. The molecule has 0 aliphatic rings. The standard InChI is InChI=1S/C9H8ClF2NO2/c1-2-15-9(14)6-4-3-5(8(11)12)7(10)13-6/h3-4,8H,2H2,1H3. The van der Waals surface area contributed by atoms with Gasteiger partial charge in [0.15, 0.2) is 0 Å².